The summed E-state index contributed by atoms with van der Waals surface area (Å²) in [6, 6.07) is 2.54. The molecular weight excluding hydrogens is 242 g/mol. The van der Waals surface area contributed by atoms with Gasteiger partial charge in [0.25, 0.3) is 0 Å². The van der Waals surface area contributed by atoms with Crippen LogP contribution in [0, 0.1) is 0 Å². The lowest BCUT2D eigenvalue weighted by Gasteiger charge is -2.33. The van der Waals surface area contributed by atoms with Gasteiger partial charge in [0.15, 0.2) is 0 Å². The van der Waals surface area contributed by atoms with E-state index in [1.807, 2.05) is 12.4 Å². The summed E-state index contributed by atoms with van der Waals surface area (Å²) in [6.07, 6.45) is 3.71. The van der Waals surface area contributed by atoms with E-state index in [9.17, 15) is 0 Å². The molecule has 1 aliphatic rings. The van der Waals surface area contributed by atoms with Gasteiger partial charge in [-0.25, -0.2) is 0 Å². The van der Waals surface area contributed by atoms with E-state index in [0.29, 0.717) is 6.04 Å². The molecule has 14 heavy (non-hydrogen) atoms. The lowest BCUT2D eigenvalue weighted by Crippen LogP contribution is -2.43. The normalized spacial score (nSPS) is 23.7. The number of halogens is 1. The number of piperazine rings is 1. The summed E-state index contributed by atoms with van der Waals surface area (Å²) in [5.41, 5.74) is 1.31. The van der Waals surface area contributed by atoms with Crippen molar-refractivity contribution >= 4 is 15.9 Å². The number of rotatable bonds is 1. The van der Waals surface area contributed by atoms with E-state index in [-0.39, 0.29) is 0 Å². The van der Waals surface area contributed by atoms with Crippen molar-refractivity contribution in [2.75, 3.05) is 26.7 Å². The minimum Gasteiger partial charge on any atom is -0.314 e. The lowest BCUT2D eigenvalue weighted by molar-refractivity contribution is 0.201. The van der Waals surface area contributed by atoms with Gasteiger partial charge in [-0.1, -0.05) is 0 Å². The van der Waals surface area contributed by atoms with Crippen molar-refractivity contribution in [3.8, 4) is 0 Å². The molecule has 0 bridgehead atoms. The molecule has 3 nitrogen and oxygen atoms in total. The van der Waals surface area contributed by atoms with Crippen LogP contribution >= 0.6 is 15.9 Å². The number of hydrogen-bond donors (Lipinski definition) is 1. The van der Waals surface area contributed by atoms with Crippen LogP contribution < -0.4 is 5.32 Å². The van der Waals surface area contributed by atoms with E-state index in [1.165, 1.54) is 5.56 Å². The van der Waals surface area contributed by atoms with Gasteiger partial charge in [0.05, 0.1) is 0 Å². The van der Waals surface area contributed by atoms with Crippen LogP contribution in [0.1, 0.15) is 11.6 Å². The minimum atomic E-state index is 0.459. The molecule has 2 heterocycles. The molecule has 1 aromatic rings. The van der Waals surface area contributed by atoms with E-state index in [1.54, 1.807) is 0 Å². The molecule has 0 aliphatic carbocycles. The van der Waals surface area contributed by atoms with Crippen LogP contribution in [0.25, 0.3) is 0 Å². The summed E-state index contributed by atoms with van der Waals surface area (Å²) >= 11 is 3.54. The highest BCUT2D eigenvalue weighted by atomic mass is 79.9. The molecule has 0 radical (unpaired) electrons. The molecule has 1 aliphatic heterocycles. The second-order valence-corrected chi connectivity index (χ2v) is 4.45. The fraction of sp³-hybridized carbons (Fsp3) is 0.500. The van der Waals surface area contributed by atoms with Crippen LogP contribution in [0.5, 0.6) is 0 Å². The Morgan fingerprint density at radius 3 is 3.21 bits per heavy atom. The quantitative estimate of drug-likeness (QED) is 0.823. The predicted molar refractivity (Wildman–Crippen MR) is 60.2 cm³/mol. The van der Waals surface area contributed by atoms with E-state index in [0.717, 1.165) is 24.1 Å². The number of hydrogen-bond acceptors (Lipinski definition) is 3. The van der Waals surface area contributed by atoms with Gasteiger partial charge >= 0.3 is 0 Å². The average molecular weight is 256 g/mol. The molecule has 4 heteroatoms. The third kappa shape index (κ3) is 1.97. The highest BCUT2D eigenvalue weighted by molar-refractivity contribution is 9.10. The number of nitrogens with one attached hydrogen (secondary N) is 1. The number of nitrogens with zero attached hydrogens (tertiary/aromatic N) is 2. The summed E-state index contributed by atoms with van der Waals surface area (Å²) in [5, 5.41) is 3.41. The monoisotopic (exact) mass is 255 g/mol. The number of pyridine rings is 1. The molecular formula is C10H14BrN3. The van der Waals surface area contributed by atoms with E-state index in [2.05, 4.69) is 44.2 Å². The van der Waals surface area contributed by atoms with Crippen LogP contribution in [-0.4, -0.2) is 36.6 Å². The second kappa shape index (κ2) is 4.38. The van der Waals surface area contributed by atoms with E-state index < -0.39 is 0 Å². The summed E-state index contributed by atoms with van der Waals surface area (Å²) in [5.74, 6) is 0. The third-order valence-electron chi connectivity index (χ3n) is 2.67. The maximum atomic E-state index is 4.08. The van der Waals surface area contributed by atoms with Crippen molar-refractivity contribution in [2.24, 2.45) is 0 Å². The smallest absolute Gasteiger partial charge is 0.0482 e. The highest BCUT2D eigenvalue weighted by Crippen LogP contribution is 2.26. The first kappa shape index (κ1) is 10.1. The van der Waals surface area contributed by atoms with Gasteiger partial charge < -0.3 is 5.32 Å². The first-order valence-electron chi connectivity index (χ1n) is 4.79. The molecule has 0 aromatic carbocycles. The summed E-state index contributed by atoms with van der Waals surface area (Å²) in [6.45, 7) is 3.19. The van der Waals surface area contributed by atoms with Crippen molar-refractivity contribution < 1.29 is 0 Å². The molecule has 1 N–H and O–H groups in total. The lowest BCUT2D eigenvalue weighted by atomic mass is 10.1. The Balaban J connectivity index is 2.25. The Morgan fingerprint density at radius 2 is 2.50 bits per heavy atom. The van der Waals surface area contributed by atoms with Crippen molar-refractivity contribution in [1.29, 1.82) is 0 Å². The summed E-state index contributed by atoms with van der Waals surface area (Å²) in [4.78, 5) is 6.45. The molecule has 0 spiro atoms. The van der Waals surface area contributed by atoms with E-state index >= 15 is 0 Å². The van der Waals surface area contributed by atoms with Crippen molar-refractivity contribution in [3.05, 3.63) is 28.5 Å². The fourth-order valence-electron chi connectivity index (χ4n) is 1.81. The molecule has 1 saturated heterocycles. The minimum absolute atomic E-state index is 0.459. The standard InChI is InChI=1S/C10H14BrN3/c1-14-5-4-13-7-10(14)8-2-3-12-6-9(8)11/h2-3,6,10,13H,4-5,7H2,1H3. The van der Waals surface area contributed by atoms with Gasteiger partial charge in [-0.3, -0.25) is 9.88 Å². The fourth-order valence-corrected chi connectivity index (χ4v) is 2.32. The Bertz CT molecular complexity index is 316. The molecule has 2 rings (SSSR count). The Labute approximate surface area is 92.6 Å². The Kier molecular flexibility index (Phi) is 3.15. The maximum Gasteiger partial charge on any atom is 0.0482 e. The molecule has 1 atom stereocenters. The SMILES string of the molecule is CN1CCNCC1c1ccncc1Br. The van der Waals surface area contributed by atoms with Crippen LogP contribution in [0.2, 0.25) is 0 Å². The zero-order valence-electron chi connectivity index (χ0n) is 8.20. The number of aromatic nitrogens is 1. The number of likely N-dealkylation sites (N-methyl/N-ethyl adjacent to an activating group) is 1. The largest absolute Gasteiger partial charge is 0.314 e. The van der Waals surface area contributed by atoms with Gasteiger partial charge in [0.2, 0.25) is 0 Å². The van der Waals surface area contributed by atoms with Gasteiger partial charge in [-0.15, -0.1) is 0 Å². The molecule has 0 amide bonds. The zero-order chi connectivity index (χ0) is 9.97. The highest BCUT2D eigenvalue weighted by Gasteiger charge is 2.21. The third-order valence-corrected chi connectivity index (χ3v) is 3.34. The zero-order valence-corrected chi connectivity index (χ0v) is 9.79. The molecule has 0 saturated carbocycles. The first-order chi connectivity index (χ1) is 6.79. The summed E-state index contributed by atoms with van der Waals surface area (Å²) < 4.78 is 1.10. The maximum absolute atomic E-state index is 4.08. The van der Waals surface area contributed by atoms with Crippen LogP contribution in [-0.2, 0) is 0 Å². The van der Waals surface area contributed by atoms with Gasteiger partial charge in [0.1, 0.15) is 0 Å². The van der Waals surface area contributed by atoms with Crippen LogP contribution in [0.4, 0.5) is 0 Å². The topological polar surface area (TPSA) is 28.2 Å². The Hall–Kier alpha value is -0.450. The molecule has 1 unspecified atom stereocenters. The Morgan fingerprint density at radius 1 is 1.64 bits per heavy atom. The summed E-state index contributed by atoms with van der Waals surface area (Å²) in [7, 11) is 2.17. The molecule has 76 valence electrons. The van der Waals surface area contributed by atoms with Gasteiger partial charge in [-0.2, -0.15) is 0 Å². The van der Waals surface area contributed by atoms with Crippen LogP contribution in [0.15, 0.2) is 22.9 Å². The van der Waals surface area contributed by atoms with E-state index in [4.69, 9.17) is 0 Å². The van der Waals surface area contributed by atoms with Gasteiger partial charge in [0, 0.05) is 42.5 Å². The predicted octanol–water partition coefficient (Wildman–Crippen LogP) is 1.42. The molecule has 1 fully saturated rings. The van der Waals surface area contributed by atoms with Crippen LogP contribution in [0.3, 0.4) is 0 Å². The van der Waals surface area contributed by atoms with Crippen molar-refractivity contribution in [3.63, 3.8) is 0 Å². The van der Waals surface area contributed by atoms with Crippen molar-refractivity contribution in [1.82, 2.24) is 15.2 Å². The molecule has 1 aromatic heterocycles. The second-order valence-electron chi connectivity index (χ2n) is 3.60. The average Bonchev–Trinajstić information content (AvgIpc) is 2.20. The van der Waals surface area contributed by atoms with Gasteiger partial charge in [-0.05, 0) is 34.6 Å². The van der Waals surface area contributed by atoms with Crippen molar-refractivity contribution in [2.45, 2.75) is 6.04 Å². The first-order valence-corrected chi connectivity index (χ1v) is 5.58.